The molecule has 2 aromatic rings. The van der Waals surface area contributed by atoms with E-state index in [4.69, 9.17) is 4.74 Å². The Bertz CT molecular complexity index is 710. The highest BCUT2D eigenvalue weighted by atomic mass is 32.1. The molecule has 2 heterocycles. The number of ether oxygens (including phenoxy) is 1. The molecule has 0 saturated carbocycles. The van der Waals surface area contributed by atoms with E-state index in [0.29, 0.717) is 24.2 Å². The first-order valence-corrected chi connectivity index (χ1v) is 8.65. The highest BCUT2D eigenvalue weighted by Gasteiger charge is 2.25. The molecule has 1 aliphatic heterocycles. The fraction of sp³-hybridized carbons (Fsp3) is 0.353. The lowest BCUT2D eigenvalue weighted by molar-refractivity contribution is -0.139. The quantitative estimate of drug-likeness (QED) is 0.791. The normalized spacial score (nSPS) is 14.5. The third-order valence-electron chi connectivity index (χ3n) is 4.07. The van der Waals surface area contributed by atoms with Gasteiger partial charge in [-0.15, -0.1) is 11.3 Å². The van der Waals surface area contributed by atoms with Crippen LogP contribution in [0.2, 0.25) is 0 Å². The Balaban J connectivity index is 1.68. The van der Waals surface area contributed by atoms with Crippen LogP contribution >= 0.6 is 11.3 Å². The van der Waals surface area contributed by atoms with Crippen molar-refractivity contribution in [3.05, 3.63) is 47.0 Å². The molecule has 0 radical (unpaired) electrons. The molecule has 1 amide bonds. The van der Waals surface area contributed by atoms with Crippen LogP contribution in [0.3, 0.4) is 0 Å². The number of piperazine rings is 1. The van der Waals surface area contributed by atoms with Crippen molar-refractivity contribution in [1.82, 2.24) is 9.88 Å². The number of aromatic nitrogens is 1. The Kier molecular flexibility index (Phi) is 5.10. The van der Waals surface area contributed by atoms with Crippen LogP contribution in [0, 0.1) is 0 Å². The number of amides is 1. The molecule has 0 N–H and O–H groups in total. The van der Waals surface area contributed by atoms with Crippen LogP contribution in [-0.4, -0.2) is 55.0 Å². The predicted molar refractivity (Wildman–Crippen MR) is 92.4 cm³/mol. The lowest BCUT2D eigenvalue weighted by Crippen LogP contribution is -2.49. The number of hydrogen-bond donors (Lipinski definition) is 0. The Morgan fingerprint density at radius 1 is 1.21 bits per heavy atom. The number of benzene rings is 1. The fourth-order valence-electron chi connectivity index (χ4n) is 2.75. The third-order valence-corrected chi connectivity index (χ3v) is 4.90. The molecule has 1 aliphatic rings. The van der Waals surface area contributed by atoms with Gasteiger partial charge in [-0.05, 0) is 11.6 Å². The zero-order valence-corrected chi connectivity index (χ0v) is 14.3. The average molecular weight is 345 g/mol. The second kappa shape index (κ2) is 7.44. The van der Waals surface area contributed by atoms with E-state index in [9.17, 15) is 9.59 Å². The van der Waals surface area contributed by atoms with Crippen LogP contribution in [0.5, 0.6) is 0 Å². The van der Waals surface area contributed by atoms with Gasteiger partial charge in [-0.3, -0.25) is 9.59 Å². The molecule has 0 bridgehead atoms. The van der Waals surface area contributed by atoms with E-state index >= 15 is 0 Å². The van der Waals surface area contributed by atoms with Crippen LogP contribution in [0.1, 0.15) is 15.9 Å². The summed E-state index contributed by atoms with van der Waals surface area (Å²) in [4.78, 5) is 32.7. The largest absolute Gasteiger partial charge is 0.469 e. The van der Waals surface area contributed by atoms with E-state index in [-0.39, 0.29) is 18.3 Å². The zero-order chi connectivity index (χ0) is 16.9. The number of methoxy groups -OCH3 is 1. The van der Waals surface area contributed by atoms with Crippen molar-refractivity contribution in [2.24, 2.45) is 0 Å². The Morgan fingerprint density at radius 2 is 1.96 bits per heavy atom. The summed E-state index contributed by atoms with van der Waals surface area (Å²) in [5, 5.41) is 2.95. The highest BCUT2D eigenvalue weighted by molar-refractivity contribution is 7.13. The van der Waals surface area contributed by atoms with Gasteiger partial charge in [0.15, 0.2) is 5.13 Å². The summed E-state index contributed by atoms with van der Waals surface area (Å²) in [5.74, 6) is -0.378. The monoisotopic (exact) mass is 345 g/mol. The van der Waals surface area contributed by atoms with Crippen molar-refractivity contribution in [2.75, 3.05) is 38.2 Å². The molecule has 1 saturated heterocycles. The van der Waals surface area contributed by atoms with Crippen molar-refractivity contribution in [2.45, 2.75) is 6.42 Å². The number of thiazole rings is 1. The summed E-state index contributed by atoms with van der Waals surface area (Å²) in [7, 11) is 1.35. The van der Waals surface area contributed by atoms with Crippen LogP contribution in [-0.2, 0) is 16.0 Å². The third kappa shape index (κ3) is 3.56. The number of esters is 1. The van der Waals surface area contributed by atoms with Gasteiger partial charge >= 0.3 is 5.97 Å². The molecular weight excluding hydrogens is 326 g/mol. The molecular formula is C17H19N3O3S. The minimum Gasteiger partial charge on any atom is -0.469 e. The predicted octanol–water partition coefficient (Wildman–Crippen LogP) is 1.82. The molecule has 0 aliphatic carbocycles. The van der Waals surface area contributed by atoms with Crippen LogP contribution in [0.25, 0.3) is 0 Å². The molecule has 24 heavy (non-hydrogen) atoms. The van der Waals surface area contributed by atoms with Gasteiger partial charge in [0.2, 0.25) is 0 Å². The summed E-state index contributed by atoms with van der Waals surface area (Å²) < 4.78 is 4.71. The van der Waals surface area contributed by atoms with Crippen LogP contribution in [0.4, 0.5) is 5.13 Å². The van der Waals surface area contributed by atoms with E-state index in [1.807, 2.05) is 22.4 Å². The average Bonchev–Trinajstić information content (AvgIpc) is 3.16. The molecule has 126 valence electrons. The van der Waals surface area contributed by atoms with Gasteiger partial charge < -0.3 is 14.5 Å². The maximum absolute atomic E-state index is 12.8. The SMILES string of the molecule is COC(=O)Cc1ccccc1C(=O)N1CCN(c2nccs2)CC1. The van der Waals surface area contributed by atoms with Gasteiger partial charge in [-0.1, -0.05) is 18.2 Å². The van der Waals surface area contributed by atoms with Gasteiger partial charge in [0.05, 0.1) is 13.5 Å². The van der Waals surface area contributed by atoms with Gasteiger partial charge in [0, 0.05) is 43.3 Å². The van der Waals surface area contributed by atoms with Crippen molar-refractivity contribution in [3.63, 3.8) is 0 Å². The van der Waals surface area contributed by atoms with Crippen LogP contribution in [0.15, 0.2) is 35.8 Å². The van der Waals surface area contributed by atoms with Gasteiger partial charge in [0.1, 0.15) is 0 Å². The van der Waals surface area contributed by atoms with Crippen molar-refractivity contribution < 1.29 is 14.3 Å². The smallest absolute Gasteiger partial charge is 0.310 e. The Hall–Kier alpha value is -2.41. The van der Waals surface area contributed by atoms with E-state index in [0.717, 1.165) is 18.2 Å². The first-order chi connectivity index (χ1) is 11.7. The molecule has 1 aromatic heterocycles. The molecule has 1 fully saturated rings. The Morgan fingerprint density at radius 3 is 2.62 bits per heavy atom. The second-order valence-corrected chi connectivity index (χ2v) is 6.38. The molecule has 1 aromatic carbocycles. The first-order valence-electron chi connectivity index (χ1n) is 7.77. The number of anilines is 1. The lowest BCUT2D eigenvalue weighted by Gasteiger charge is -2.34. The van der Waals surface area contributed by atoms with Gasteiger partial charge in [-0.25, -0.2) is 4.98 Å². The summed E-state index contributed by atoms with van der Waals surface area (Å²) in [6, 6.07) is 7.22. The van der Waals surface area contributed by atoms with Crippen molar-refractivity contribution in [3.8, 4) is 0 Å². The van der Waals surface area contributed by atoms with Crippen molar-refractivity contribution >= 4 is 28.3 Å². The fourth-order valence-corrected chi connectivity index (χ4v) is 3.45. The number of hydrogen-bond acceptors (Lipinski definition) is 6. The Labute approximate surface area is 144 Å². The minimum atomic E-state index is -0.344. The summed E-state index contributed by atoms with van der Waals surface area (Å²) >= 11 is 1.61. The number of carbonyl (C=O) groups is 2. The molecule has 0 spiro atoms. The number of rotatable bonds is 4. The second-order valence-electron chi connectivity index (χ2n) is 5.50. The topological polar surface area (TPSA) is 62.7 Å². The highest BCUT2D eigenvalue weighted by Crippen LogP contribution is 2.20. The molecule has 0 unspecified atom stereocenters. The summed E-state index contributed by atoms with van der Waals surface area (Å²) in [5.41, 5.74) is 1.28. The van der Waals surface area contributed by atoms with E-state index < -0.39 is 0 Å². The standard InChI is InChI=1S/C17H19N3O3S/c1-23-15(21)12-13-4-2-3-5-14(13)16(22)19-7-9-20(10-8-19)17-18-6-11-24-17/h2-6,11H,7-10,12H2,1H3. The maximum atomic E-state index is 12.8. The van der Waals surface area contributed by atoms with Crippen LogP contribution < -0.4 is 4.90 Å². The molecule has 0 atom stereocenters. The van der Waals surface area contributed by atoms with Gasteiger partial charge in [-0.2, -0.15) is 0 Å². The molecule has 7 heteroatoms. The summed E-state index contributed by atoms with van der Waals surface area (Å²) in [6.45, 7) is 2.81. The number of nitrogens with zero attached hydrogens (tertiary/aromatic N) is 3. The summed E-state index contributed by atoms with van der Waals surface area (Å²) in [6.07, 6.45) is 1.90. The van der Waals surface area contributed by atoms with Crippen molar-refractivity contribution in [1.29, 1.82) is 0 Å². The minimum absolute atomic E-state index is 0.0340. The first kappa shape index (κ1) is 16.4. The molecule has 3 rings (SSSR count). The lowest BCUT2D eigenvalue weighted by atomic mass is 10.0. The van der Waals surface area contributed by atoms with E-state index in [1.54, 1.807) is 29.7 Å². The molecule has 6 nitrogen and oxygen atoms in total. The maximum Gasteiger partial charge on any atom is 0.310 e. The zero-order valence-electron chi connectivity index (χ0n) is 13.5. The number of carbonyl (C=O) groups excluding carboxylic acids is 2. The van der Waals surface area contributed by atoms with E-state index in [2.05, 4.69) is 9.88 Å². The van der Waals surface area contributed by atoms with Gasteiger partial charge in [0.25, 0.3) is 5.91 Å². The van der Waals surface area contributed by atoms with E-state index in [1.165, 1.54) is 7.11 Å².